The minimum Gasteiger partial charge on any atom is -0.492 e. The molecule has 1 fully saturated rings. The Labute approximate surface area is 128 Å². The molecule has 1 saturated heterocycles. The van der Waals surface area contributed by atoms with Crippen molar-refractivity contribution in [2.45, 2.75) is 32.7 Å². The Morgan fingerprint density at radius 3 is 3.00 bits per heavy atom. The van der Waals surface area contributed by atoms with Crippen molar-refractivity contribution >= 4 is 0 Å². The molecule has 0 aliphatic carbocycles. The molecule has 114 valence electrons. The van der Waals surface area contributed by atoms with Crippen LogP contribution in [0.4, 0.5) is 0 Å². The maximum absolute atomic E-state index is 5.87. The molecule has 0 radical (unpaired) electrons. The number of benzene rings is 1. The third-order valence-electron chi connectivity index (χ3n) is 4.06. The standard InChI is InChI=1S/C18H26N2O/c1-15-8-9-16(2)20(14-15)11-12-21-18-7-3-5-17(13-18)6-4-10-19/h3,5,7,13,15-16H,8-12,14,19H2,1-2H3. The quantitative estimate of drug-likeness (QED) is 0.864. The van der Waals surface area contributed by atoms with Crippen molar-refractivity contribution in [1.82, 2.24) is 4.90 Å². The van der Waals surface area contributed by atoms with Gasteiger partial charge in [0.2, 0.25) is 0 Å². The van der Waals surface area contributed by atoms with Gasteiger partial charge in [0.25, 0.3) is 0 Å². The number of nitrogens with zero attached hydrogens (tertiary/aromatic N) is 1. The summed E-state index contributed by atoms with van der Waals surface area (Å²) in [6.45, 7) is 7.94. The van der Waals surface area contributed by atoms with Crippen molar-refractivity contribution in [2.24, 2.45) is 11.7 Å². The third kappa shape index (κ3) is 5.08. The fraction of sp³-hybridized carbons (Fsp3) is 0.556. The Kier molecular flexibility index (Phi) is 6.10. The lowest BCUT2D eigenvalue weighted by Gasteiger charge is -2.36. The Morgan fingerprint density at radius 2 is 2.19 bits per heavy atom. The van der Waals surface area contributed by atoms with Gasteiger partial charge in [0.1, 0.15) is 12.4 Å². The van der Waals surface area contributed by atoms with Gasteiger partial charge in [-0.3, -0.25) is 4.90 Å². The second-order valence-corrected chi connectivity index (χ2v) is 5.91. The second-order valence-electron chi connectivity index (χ2n) is 5.91. The van der Waals surface area contributed by atoms with Crippen molar-refractivity contribution < 1.29 is 4.74 Å². The summed E-state index contributed by atoms with van der Waals surface area (Å²) in [6, 6.07) is 8.58. The second kappa shape index (κ2) is 8.07. The van der Waals surface area contributed by atoms with Crippen LogP contribution in [0.25, 0.3) is 0 Å². The molecule has 3 nitrogen and oxygen atoms in total. The first-order valence-electron chi connectivity index (χ1n) is 7.85. The van der Waals surface area contributed by atoms with Gasteiger partial charge in [0.15, 0.2) is 0 Å². The van der Waals surface area contributed by atoms with E-state index in [-0.39, 0.29) is 0 Å². The van der Waals surface area contributed by atoms with Gasteiger partial charge >= 0.3 is 0 Å². The highest BCUT2D eigenvalue weighted by Crippen LogP contribution is 2.21. The number of ether oxygens (including phenoxy) is 1. The van der Waals surface area contributed by atoms with E-state index in [4.69, 9.17) is 10.5 Å². The van der Waals surface area contributed by atoms with Gasteiger partial charge in [-0.2, -0.15) is 0 Å². The third-order valence-corrected chi connectivity index (χ3v) is 4.06. The molecule has 21 heavy (non-hydrogen) atoms. The fourth-order valence-electron chi connectivity index (χ4n) is 2.79. The summed E-state index contributed by atoms with van der Waals surface area (Å²) < 4.78 is 5.87. The van der Waals surface area contributed by atoms with Crippen molar-refractivity contribution in [2.75, 3.05) is 26.2 Å². The number of hydrogen-bond donors (Lipinski definition) is 1. The van der Waals surface area contributed by atoms with E-state index in [9.17, 15) is 0 Å². The van der Waals surface area contributed by atoms with Crippen molar-refractivity contribution in [1.29, 1.82) is 0 Å². The van der Waals surface area contributed by atoms with Crippen LogP contribution in [0.5, 0.6) is 5.75 Å². The van der Waals surface area contributed by atoms with E-state index in [1.54, 1.807) is 0 Å². The van der Waals surface area contributed by atoms with Crippen molar-refractivity contribution in [3.05, 3.63) is 29.8 Å². The molecule has 1 aromatic carbocycles. The molecule has 0 spiro atoms. The van der Waals surface area contributed by atoms with Crippen LogP contribution in [-0.2, 0) is 0 Å². The summed E-state index contributed by atoms with van der Waals surface area (Å²) in [4.78, 5) is 2.53. The van der Waals surface area contributed by atoms with E-state index in [0.29, 0.717) is 12.6 Å². The van der Waals surface area contributed by atoms with E-state index >= 15 is 0 Å². The Hall–Kier alpha value is -1.50. The molecule has 2 rings (SSSR count). The lowest BCUT2D eigenvalue weighted by Crippen LogP contribution is -2.43. The molecule has 1 heterocycles. The maximum atomic E-state index is 5.87. The van der Waals surface area contributed by atoms with Crippen LogP contribution >= 0.6 is 0 Å². The van der Waals surface area contributed by atoms with E-state index < -0.39 is 0 Å². The fourth-order valence-corrected chi connectivity index (χ4v) is 2.79. The van der Waals surface area contributed by atoms with E-state index in [1.807, 2.05) is 24.3 Å². The topological polar surface area (TPSA) is 38.5 Å². The molecule has 3 heteroatoms. The zero-order valence-electron chi connectivity index (χ0n) is 13.1. The van der Waals surface area contributed by atoms with Gasteiger partial charge in [0.05, 0.1) is 6.54 Å². The smallest absolute Gasteiger partial charge is 0.120 e. The van der Waals surface area contributed by atoms with Crippen LogP contribution in [-0.4, -0.2) is 37.2 Å². The van der Waals surface area contributed by atoms with Crippen LogP contribution in [0, 0.1) is 17.8 Å². The Balaban J connectivity index is 1.83. The summed E-state index contributed by atoms with van der Waals surface area (Å²) in [5.74, 6) is 7.58. The number of rotatable bonds is 4. The van der Waals surface area contributed by atoms with Gasteiger partial charge in [-0.1, -0.05) is 24.8 Å². The minimum atomic E-state index is 0.385. The number of likely N-dealkylation sites (tertiary alicyclic amines) is 1. The summed E-state index contributed by atoms with van der Waals surface area (Å²) in [5.41, 5.74) is 6.35. The average Bonchev–Trinajstić information content (AvgIpc) is 2.49. The lowest BCUT2D eigenvalue weighted by atomic mass is 9.95. The lowest BCUT2D eigenvalue weighted by molar-refractivity contribution is 0.105. The van der Waals surface area contributed by atoms with Crippen LogP contribution in [0.1, 0.15) is 32.3 Å². The first-order valence-corrected chi connectivity index (χ1v) is 7.85. The summed E-state index contributed by atoms with van der Waals surface area (Å²) in [6.07, 6.45) is 2.64. The predicted molar refractivity (Wildman–Crippen MR) is 87.3 cm³/mol. The highest BCUT2D eigenvalue weighted by molar-refractivity contribution is 5.39. The average molecular weight is 286 g/mol. The SMILES string of the molecule is CC1CCC(C)N(CCOc2cccc(C#CCN)c2)C1. The Morgan fingerprint density at radius 1 is 1.33 bits per heavy atom. The molecule has 2 N–H and O–H groups in total. The monoisotopic (exact) mass is 286 g/mol. The Bertz CT molecular complexity index is 503. The minimum absolute atomic E-state index is 0.385. The molecule has 0 aromatic heterocycles. The normalized spacial score (nSPS) is 22.4. The molecule has 0 amide bonds. The zero-order valence-corrected chi connectivity index (χ0v) is 13.1. The van der Waals surface area contributed by atoms with Crippen LogP contribution in [0.2, 0.25) is 0 Å². The maximum Gasteiger partial charge on any atom is 0.120 e. The summed E-state index contributed by atoms with van der Waals surface area (Å²) >= 11 is 0. The van der Waals surface area contributed by atoms with Crippen molar-refractivity contribution in [3.63, 3.8) is 0 Å². The molecule has 1 aromatic rings. The first kappa shape index (κ1) is 15.9. The predicted octanol–water partition coefficient (Wildman–Crippen LogP) is 2.50. The van der Waals surface area contributed by atoms with Crippen LogP contribution < -0.4 is 10.5 Å². The zero-order chi connectivity index (χ0) is 15.1. The molecular formula is C18H26N2O. The van der Waals surface area contributed by atoms with Gasteiger partial charge in [0, 0.05) is 24.7 Å². The number of piperidine rings is 1. The van der Waals surface area contributed by atoms with Gasteiger partial charge in [-0.25, -0.2) is 0 Å². The van der Waals surface area contributed by atoms with E-state index in [0.717, 1.165) is 30.4 Å². The van der Waals surface area contributed by atoms with Gasteiger partial charge in [-0.05, 0) is 43.9 Å². The molecular weight excluding hydrogens is 260 g/mol. The van der Waals surface area contributed by atoms with Gasteiger partial charge < -0.3 is 10.5 Å². The molecule has 0 bridgehead atoms. The molecule has 2 atom stereocenters. The van der Waals surface area contributed by atoms with E-state index in [2.05, 4.69) is 30.6 Å². The highest BCUT2D eigenvalue weighted by atomic mass is 16.5. The first-order chi connectivity index (χ1) is 10.2. The molecule has 0 saturated carbocycles. The van der Waals surface area contributed by atoms with Gasteiger partial charge in [-0.15, -0.1) is 0 Å². The highest BCUT2D eigenvalue weighted by Gasteiger charge is 2.22. The molecule has 1 aliphatic rings. The number of hydrogen-bond acceptors (Lipinski definition) is 3. The summed E-state index contributed by atoms with van der Waals surface area (Å²) in [7, 11) is 0. The number of nitrogens with two attached hydrogens (primary N) is 1. The molecule has 2 unspecified atom stereocenters. The molecule has 1 aliphatic heterocycles. The summed E-state index contributed by atoms with van der Waals surface area (Å²) in [5, 5.41) is 0. The van der Waals surface area contributed by atoms with Crippen LogP contribution in [0.3, 0.4) is 0 Å². The van der Waals surface area contributed by atoms with Crippen LogP contribution in [0.15, 0.2) is 24.3 Å². The van der Waals surface area contributed by atoms with Crippen molar-refractivity contribution in [3.8, 4) is 17.6 Å². The largest absolute Gasteiger partial charge is 0.492 e. The van der Waals surface area contributed by atoms with E-state index in [1.165, 1.54) is 19.4 Å².